The first-order valence-electron chi connectivity index (χ1n) is 9.33. The second kappa shape index (κ2) is 10.1. The molecule has 0 aromatic heterocycles. The number of benzene rings is 2. The van der Waals surface area contributed by atoms with Crippen molar-refractivity contribution in [2.75, 3.05) is 31.6 Å². The zero-order chi connectivity index (χ0) is 19.8. The number of halogens is 1. The summed E-state index contributed by atoms with van der Waals surface area (Å²) in [5, 5.41) is 6.52. The zero-order valence-electron chi connectivity index (χ0n) is 15.6. The van der Waals surface area contributed by atoms with Crippen LogP contribution in [0.3, 0.4) is 0 Å². The van der Waals surface area contributed by atoms with E-state index >= 15 is 0 Å². The molecule has 1 saturated heterocycles. The van der Waals surface area contributed by atoms with Gasteiger partial charge >= 0.3 is 0 Å². The Kier molecular flexibility index (Phi) is 7.28. The van der Waals surface area contributed by atoms with E-state index in [0.29, 0.717) is 17.3 Å². The van der Waals surface area contributed by atoms with E-state index in [1.165, 1.54) is 0 Å². The summed E-state index contributed by atoms with van der Waals surface area (Å²) in [6.07, 6.45) is 1.62. The summed E-state index contributed by atoms with van der Waals surface area (Å²) >= 11 is 5.82. The Morgan fingerprint density at radius 2 is 1.68 bits per heavy atom. The molecule has 2 aromatic rings. The Bertz CT molecular complexity index is 775. The molecular formula is C21H24ClN3O3. The number of carbonyl (C=O) groups excluding carboxylic acids is 2. The molecule has 0 radical (unpaired) electrons. The molecule has 2 amide bonds. The quantitative estimate of drug-likeness (QED) is 0.748. The van der Waals surface area contributed by atoms with Gasteiger partial charge in [-0.2, -0.15) is 0 Å². The number of hydrogen-bond donors (Lipinski definition) is 2. The summed E-state index contributed by atoms with van der Waals surface area (Å²) in [5.41, 5.74) is 0.801. The number of anilines is 1. The van der Waals surface area contributed by atoms with Gasteiger partial charge in [0.15, 0.2) is 6.61 Å². The Morgan fingerprint density at radius 1 is 1.00 bits per heavy atom. The first-order chi connectivity index (χ1) is 13.6. The normalized spacial score (nSPS) is 15.0. The predicted molar refractivity (Wildman–Crippen MR) is 110 cm³/mol. The monoisotopic (exact) mass is 401 g/mol. The molecule has 0 spiro atoms. The van der Waals surface area contributed by atoms with E-state index in [1.807, 2.05) is 30.3 Å². The number of ether oxygens (including phenoxy) is 1. The van der Waals surface area contributed by atoms with Crippen molar-refractivity contribution in [3.05, 3.63) is 59.6 Å². The van der Waals surface area contributed by atoms with Crippen LogP contribution in [0.2, 0.25) is 5.02 Å². The number of nitrogens with zero attached hydrogens (tertiary/aromatic N) is 1. The van der Waals surface area contributed by atoms with Gasteiger partial charge in [-0.25, -0.2) is 0 Å². The molecule has 6 nitrogen and oxygen atoms in total. The van der Waals surface area contributed by atoms with Crippen LogP contribution in [0.4, 0.5) is 5.69 Å². The van der Waals surface area contributed by atoms with Gasteiger partial charge in [0.2, 0.25) is 5.91 Å². The molecule has 0 bridgehead atoms. The number of amides is 2. The first-order valence-corrected chi connectivity index (χ1v) is 9.71. The Balaban J connectivity index is 1.33. The minimum absolute atomic E-state index is 0.0231. The van der Waals surface area contributed by atoms with E-state index in [4.69, 9.17) is 16.3 Å². The molecule has 148 valence electrons. The van der Waals surface area contributed by atoms with Crippen molar-refractivity contribution in [1.29, 1.82) is 0 Å². The lowest BCUT2D eigenvalue weighted by molar-refractivity contribution is -0.124. The third-order valence-electron chi connectivity index (χ3n) is 4.56. The highest BCUT2D eigenvalue weighted by molar-refractivity contribution is 6.30. The van der Waals surface area contributed by atoms with Crippen LogP contribution in [0.15, 0.2) is 54.6 Å². The number of nitrogens with one attached hydrogen (secondary N) is 2. The van der Waals surface area contributed by atoms with Crippen LogP contribution in [0.5, 0.6) is 5.75 Å². The van der Waals surface area contributed by atoms with Crippen LogP contribution in [0, 0.1) is 0 Å². The molecule has 28 heavy (non-hydrogen) atoms. The summed E-state index contributed by atoms with van der Waals surface area (Å²) in [6, 6.07) is 16.4. The van der Waals surface area contributed by atoms with Crippen molar-refractivity contribution >= 4 is 29.1 Å². The molecule has 7 heteroatoms. The topological polar surface area (TPSA) is 70.7 Å². The second-order valence-corrected chi connectivity index (χ2v) is 7.21. The summed E-state index contributed by atoms with van der Waals surface area (Å²) in [5.74, 6) is 0.444. The molecule has 2 N–H and O–H groups in total. The number of likely N-dealkylation sites (tertiary alicyclic amines) is 1. The Morgan fingerprint density at radius 3 is 2.36 bits per heavy atom. The highest BCUT2D eigenvalue weighted by Gasteiger charge is 2.22. The van der Waals surface area contributed by atoms with Gasteiger partial charge in [0.25, 0.3) is 5.91 Å². The lowest BCUT2D eigenvalue weighted by Gasteiger charge is -2.31. The lowest BCUT2D eigenvalue weighted by Crippen LogP contribution is -2.47. The standard InChI is InChI=1S/C21H24ClN3O3/c22-16-6-8-19(9-7-16)28-15-21(27)24-18-10-12-25(13-11-18)14-20(26)23-17-4-2-1-3-5-17/h1-9,18H,10-15H2,(H,23,26)(H,24,27). The summed E-state index contributed by atoms with van der Waals surface area (Å²) in [6.45, 7) is 1.87. The molecule has 0 aliphatic carbocycles. The van der Waals surface area contributed by atoms with Crippen LogP contribution >= 0.6 is 11.6 Å². The summed E-state index contributed by atoms with van der Waals surface area (Å²) in [4.78, 5) is 26.3. The van der Waals surface area contributed by atoms with E-state index < -0.39 is 0 Å². The molecular weight excluding hydrogens is 378 g/mol. The van der Waals surface area contributed by atoms with Crippen molar-refractivity contribution < 1.29 is 14.3 Å². The third-order valence-corrected chi connectivity index (χ3v) is 4.81. The largest absolute Gasteiger partial charge is 0.484 e. The highest BCUT2D eigenvalue weighted by atomic mass is 35.5. The number of para-hydroxylation sites is 1. The van der Waals surface area contributed by atoms with E-state index in [1.54, 1.807) is 24.3 Å². The van der Waals surface area contributed by atoms with Gasteiger partial charge < -0.3 is 15.4 Å². The highest BCUT2D eigenvalue weighted by Crippen LogP contribution is 2.15. The van der Waals surface area contributed by atoms with Gasteiger partial charge in [0, 0.05) is 29.8 Å². The molecule has 1 fully saturated rings. The van der Waals surface area contributed by atoms with Crippen LogP contribution in [0.1, 0.15) is 12.8 Å². The first kappa shape index (κ1) is 20.2. The molecule has 1 aliphatic rings. The smallest absolute Gasteiger partial charge is 0.258 e. The van der Waals surface area contributed by atoms with Crippen LogP contribution in [-0.4, -0.2) is 49.0 Å². The van der Waals surface area contributed by atoms with Crippen LogP contribution < -0.4 is 15.4 Å². The molecule has 0 unspecified atom stereocenters. The summed E-state index contributed by atoms with van der Waals surface area (Å²) in [7, 11) is 0. The average Bonchev–Trinajstić information content (AvgIpc) is 2.70. The average molecular weight is 402 g/mol. The fourth-order valence-electron chi connectivity index (χ4n) is 3.11. The maximum absolute atomic E-state index is 12.1. The van der Waals surface area contributed by atoms with Crippen molar-refractivity contribution in [3.8, 4) is 5.75 Å². The van der Waals surface area contributed by atoms with Crippen molar-refractivity contribution in [3.63, 3.8) is 0 Å². The van der Waals surface area contributed by atoms with Gasteiger partial charge in [-0.15, -0.1) is 0 Å². The molecule has 3 rings (SSSR count). The number of carbonyl (C=O) groups is 2. The second-order valence-electron chi connectivity index (χ2n) is 6.77. The van der Waals surface area contributed by atoms with E-state index in [-0.39, 0.29) is 24.5 Å². The molecule has 0 saturated carbocycles. The van der Waals surface area contributed by atoms with Crippen molar-refractivity contribution in [2.24, 2.45) is 0 Å². The fraction of sp³-hybridized carbons (Fsp3) is 0.333. The van der Waals surface area contributed by atoms with Crippen LogP contribution in [0.25, 0.3) is 0 Å². The van der Waals surface area contributed by atoms with Gasteiger partial charge in [-0.3, -0.25) is 14.5 Å². The van der Waals surface area contributed by atoms with Gasteiger partial charge in [-0.05, 0) is 49.2 Å². The van der Waals surface area contributed by atoms with E-state index in [9.17, 15) is 9.59 Å². The fourth-order valence-corrected chi connectivity index (χ4v) is 3.24. The Labute approximate surface area is 169 Å². The molecule has 1 aliphatic heterocycles. The molecule has 0 atom stereocenters. The predicted octanol–water partition coefficient (Wildman–Crippen LogP) is 2.94. The zero-order valence-corrected chi connectivity index (χ0v) is 16.3. The van der Waals surface area contributed by atoms with Gasteiger partial charge in [0.05, 0.1) is 6.54 Å². The van der Waals surface area contributed by atoms with Crippen LogP contribution in [-0.2, 0) is 9.59 Å². The molecule has 2 aromatic carbocycles. The number of rotatable bonds is 7. The lowest BCUT2D eigenvalue weighted by atomic mass is 10.1. The summed E-state index contributed by atoms with van der Waals surface area (Å²) < 4.78 is 5.46. The SMILES string of the molecule is O=C(CN1CCC(NC(=O)COc2ccc(Cl)cc2)CC1)Nc1ccccc1. The maximum Gasteiger partial charge on any atom is 0.258 e. The van der Waals surface area contributed by atoms with Crippen molar-refractivity contribution in [1.82, 2.24) is 10.2 Å². The minimum Gasteiger partial charge on any atom is -0.484 e. The van der Waals surface area contributed by atoms with E-state index in [2.05, 4.69) is 15.5 Å². The Hall–Kier alpha value is -2.57. The number of piperidine rings is 1. The van der Waals surface area contributed by atoms with Gasteiger partial charge in [-0.1, -0.05) is 29.8 Å². The van der Waals surface area contributed by atoms with Crippen molar-refractivity contribution in [2.45, 2.75) is 18.9 Å². The number of hydrogen-bond acceptors (Lipinski definition) is 4. The minimum atomic E-state index is -0.143. The van der Waals surface area contributed by atoms with Gasteiger partial charge in [0.1, 0.15) is 5.75 Å². The maximum atomic E-state index is 12.1. The molecule has 1 heterocycles. The van der Waals surface area contributed by atoms with E-state index in [0.717, 1.165) is 31.6 Å². The third kappa shape index (κ3) is 6.55.